The maximum Gasteiger partial charge on any atom is 0.326 e. The smallest absolute Gasteiger partial charge is 0.326 e. The van der Waals surface area contributed by atoms with Crippen molar-refractivity contribution in [3.05, 3.63) is 0 Å². The van der Waals surface area contributed by atoms with Gasteiger partial charge in [-0.3, -0.25) is 4.79 Å². The largest absolute Gasteiger partial charge is 0.480 e. The van der Waals surface area contributed by atoms with Gasteiger partial charge in [0.05, 0.1) is 6.07 Å². The van der Waals surface area contributed by atoms with Gasteiger partial charge in [0.25, 0.3) is 0 Å². The molecule has 0 spiro atoms. The lowest BCUT2D eigenvalue weighted by molar-refractivity contribution is -0.152. The zero-order valence-corrected chi connectivity index (χ0v) is 13.0. The number of nitrogens with one attached hydrogen (secondary N) is 1. The fourth-order valence-electron chi connectivity index (χ4n) is 5.39. The van der Waals surface area contributed by atoms with E-state index in [1.54, 1.807) is 6.92 Å². The van der Waals surface area contributed by atoms with Crippen LogP contribution in [0.4, 0.5) is 0 Å². The third kappa shape index (κ3) is 2.60. The van der Waals surface area contributed by atoms with Crippen molar-refractivity contribution < 1.29 is 14.7 Å². The van der Waals surface area contributed by atoms with Gasteiger partial charge in [0, 0.05) is 17.8 Å². The van der Waals surface area contributed by atoms with Gasteiger partial charge in [-0.2, -0.15) is 5.26 Å². The van der Waals surface area contributed by atoms with Gasteiger partial charge in [-0.1, -0.05) is 6.92 Å². The van der Waals surface area contributed by atoms with E-state index in [4.69, 9.17) is 5.26 Å². The normalized spacial score (nSPS) is 38.1. The summed E-state index contributed by atoms with van der Waals surface area (Å²) in [7, 11) is 0. The number of nitrogens with zero attached hydrogens (tertiary/aromatic N) is 1. The van der Waals surface area contributed by atoms with Gasteiger partial charge in [-0.15, -0.1) is 0 Å². The summed E-state index contributed by atoms with van der Waals surface area (Å²) in [6, 6.07) is 1.04. The van der Waals surface area contributed by atoms with Crippen LogP contribution in [0.1, 0.15) is 51.9 Å². The highest BCUT2D eigenvalue weighted by atomic mass is 16.4. The van der Waals surface area contributed by atoms with Gasteiger partial charge >= 0.3 is 5.97 Å². The lowest BCUT2D eigenvalue weighted by Crippen LogP contribution is -2.57. The Labute approximate surface area is 131 Å². The first-order valence-corrected chi connectivity index (χ1v) is 8.34. The number of carboxylic acids is 1. The number of amides is 1. The first-order valence-electron chi connectivity index (χ1n) is 8.34. The fourth-order valence-corrected chi connectivity index (χ4v) is 5.39. The second kappa shape index (κ2) is 5.57. The minimum atomic E-state index is -1.04. The van der Waals surface area contributed by atoms with E-state index < -0.39 is 12.0 Å². The predicted molar refractivity (Wildman–Crippen MR) is 79.6 cm³/mol. The van der Waals surface area contributed by atoms with Crippen LogP contribution in [0.5, 0.6) is 0 Å². The zero-order valence-electron chi connectivity index (χ0n) is 13.0. The molecule has 5 heteroatoms. The van der Waals surface area contributed by atoms with Gasteiger partial charge in [0.2, 0.25) is 5.91 Å². The molecule has 22 heavy (non-hydrogen) atoms. The van der Waals surface area contributed by atoms with Crippen molar-refractivity contribution in [2.24, 2.45) is 29.1 Å². The molecule has 120 valence electrons. The molecule has 0 saturated heterocycles. The Morgan fingerprint density at radius 1 is 1.23 bits per heavy atom. The number of aliphatic carboxylic acids is 1. The highest BCUT2D eigenvalue weighted by Gasteiger charge is 2.55. The van der Waals surface area contributed by atoms with Gasteiger partial charge in [-0.25, -0.2) is 4.79 Å². The third-order valence-electron chi connectivity index (χ3n) is 6.05. The molecule has 1 amide bonds. The molecule has 0 radical (unpaired) electrons. The Bertz CT molecular complexity index is 487. The van der Waals surface area contributed by atoms with Crippen molar-refractivity contribution in [3.8, 4) is 6.07 Å². The lowest BCUT2D eigenvalue weighted by Gasteiger charge is -2.55. The molecular formula is C17H24N2O3. The predicted octanol–water partition coefficient (Wildman–Crippen LogP) is 2.32. The van der Waals surface area contributed by atoms with Crippen molar-refractivity contribution in [2.75, 3.05) is 0 Å². The molecule has 4 saturated carbocycles. The Hall–Kier alpha value is -1.57. The van der Waals surface area contributed by atoms with Crippen LogP contribution in [-0.4, -0.2) is 23.0 Å². The standard InChI is InChI=1S/C17H24N2O3/c1-10(2-3-18)14(15(20)21)19-16(22)17-7-11-4-12(8-17)6-13(5-11)9-17/h10-14H,2,4-9H2,1H3,(H,19,22)(H,20,21)/t10-,11?,12?,13?,14+,17?/m0/s1. The molecule has 4 bridgehead atoms. The van der Waals surface area contributed by atoms with Gasteiger partial charge in [-0.05, 0) is 56.3 Å². The second-order valence-corrected chi connectivity index (χ2v) is 7.83. The monoisotopic (exact) mass is 304 g/mol. The highest BCUT2D eigenvalue weighted by Crippen LogP contribution is 2.60. The first-order chi connectivity index (χ1) is 10.4. The summed E-state index contributed by atoms with van der Waals surface area (Å²) in [5, 5.41) is 20.9. The first kappa shape index (κ1) is 15.3. The Morgan fingerprint density at radius 2 is 1.73 bits per heavy atom. The molecule has 0 unspecified atom stereocenters. The number of carboxylic acid groups (broad SMARTS) is 1. The van der Waals surface area contributed by atoms with Crippen LogP contribution in [0.25, 0.3) is 0 Å². The van der Waals surface area contributed by atoms with E-state index in [0.717, 1.165) is 19.3 Å². The lowest BCUT2D eigenvalue weighted by atomic mass is 9.49. The topological polar surface area (TPSA) is 90.2 Å². The number of carbonyl (C=O) groups excluding carboxylic acids is 1. The molecule has 0 aromatic heterocycles. The van der Waals surface area contributed by atoms with E-state index in [2.05, 4.69) is 5.32 Å². The van der Waals surface area contributed by atoms with Crippen molar-refractivity contribution in [2.45, 2.75) is 57.9 Å². The highest BCUT2D eigenvalue weighted by molar-refractivity contribution is 5.88. The SMILES string of the molecule is C[C@@H](CC#N)[C@@H](NC(=O)C12CC3CC(CC(C3)C1)C2)C(=O)O. The minimum Gasteiger partial charge on any atom is -0.480 e. The van der Waals surface area contributed by atoms with Crippen LogP contribution < -0.4 is 5.32 Å². The molecule has 4 aliphatic carbocycles. The minimum absolute atomic E-state index is 0.0798. The molecule has 4 rings (SSSR count). The van der Waals surface area contributed by atoms with E-state index >= 15 is 0 Å². The van der Waals surface area contributed by atoms with Crippen LogP contribution in [-0.2, 0) is 9.59 Å². The van der Waals surface area contributed by atoms with Crippen LogP contribution >= 0.6 is 0 Å². The van der Waals surface area contributed by atoms with Crippen LogP contribution in [0.2, 0.25) is 0 Å². The Kier molecular flexibility index (Phi) is 3.88. The van der Waals surface area contributed by atoms with E-state index in [9.17, 15) is 14.7 Å². The van der Waals surface area contributed by atoms with E-state index in [1.165, 1.54) is 19.3 Å². The fraction of sp³-hybridized carbons (Fsp3) is 0.824. The van der Waals surface area contributed by atoms with E-state index in [1.807, 2.05) is 6.07 Å². The molecule has 4 fully saturated rings. The number of rotatable bonds is 5. The van der Waals surface area contributed by atoms with Crippen LogP contribution in [0, 0.1) is 40.4 Å². The van der Waals surface area contributed by atoms with Crippen molar-refractivity contribution in [1.29, 1.82) is 5.26 Å². The van der Waals surface area contributed by atoms with Crippen molar-refractivity contribution in [3.63, 3.8) is 0 Å². The molecule has 0 aliphatic heterocycles. The number of carbonyl (C=O) groups is 2. The quantitative estimate of drug-likeness (QED) is 0.815. The maximum absolute atomic E-state index is 12.9. The number of hydrogen-bond acceptors (Lipinski definition) is 3. The van der Waals surface area contributed by atoms with Crippen molar-refractivity contribution >= 4 is 11.9 Å². The van der Waals surface area contributed by atoms with Crippen molar-refractivity contribution in [1.82, 2.24) is 5.32 Å². The molecule has 2 atom stereocenters. The maximum atomic E-state index is 12.9. The Morgan fingerprint density at radius 3 is 2.14 bits per heavy atom. The summed E-state index contributed by atoms with van der Waals surface area (Å²) in [6.07, 6.45) is 6.65. The number of nitriles is 1. The average molecular weight is 304 g/mol. The summed E-state index contributed by atoms with van der Waals surface area (Å²) >= 11 is 0. The van der Waals surface area contributed by atoms with E-state index in [-0.39, 0.29) is 23.7 Å². The molecule has 4 aliphatic rings. The Balaban J connectivity index is 1.73. The second-order valence-electron chi connectivity index (χ2n) is 7.83. The molecule has 0 heterocycles. The summed E-state index contributed by atoms with van der Waals surface area (Å²) in [4.78, 5) is 24.3. The molecule has 2 N–H and O–H groups in total. The van der Waals surface area contributed by atoms with Gasteiger partial charge < -0.3 is 10.4 Å². The van der Waals surface area contributed by atoms with Crippen LogP contribution in [0.15, 0.2) is 0 Å². The summed E-state index contributed by atoms with van der Waals surface area (Å²) in [5.74, 6) is 0.454. The third-order valence-corrected chi connectivity index (χ3v) is 6.05. The summed E-state index contributed by atoms with van der Waals surface area (Å²) in [5.41, 5.74) is -0.338. The molecule has 0 aromatic carbocycles. The van der Waals surface area contributed by atoms with E-state index in [0.29, 0.717) is 17.8 Å². The number of hydrogen-bond donors (Lipinski definition) is 2. The molecule has 5 nitrogen and oxygen atoms in total. The summed E-state index contributed by atoms with van der Waals surface area (Å²) in [6.45, 7) is 1.71. The zero-order chi connectivity index (χ0) is 15.9. The molecule has 0 aromatic rings. The average Bonchev–Trinajstić information content (AvgIpc) is 2.42. The van der Waals surface area contributed by atoms with Gasteiger partial charge in [0.15, 0.2) is 0 Å². The van der Waals surface area contributed by atoms with Crippen LogP contribution in [0.3, 0.4) is 0 Å². The summed E-state index contributed by atoms with van der Waals surface area (Å²) < 4.78 is 0. The molecular weight excluding hydrogens is 280 g/mol. The van der Waals surface area contributed by atoms with Gasteiger partial charge in [0.1, 0.15) is 6.04 Å².